The lowest BCUT2D eigenvalue weighted by Crippen LogP contribution is -2.36. The van der Waals surface area contributed by atoms with Gasteiger partial charge in [-0.05, 0) is 27.7 Å². The fraction of sp³-hybridized carbons (Fsp3) is 0.700. The first-order valence-electron chi connectivity index (χ1n) is 4.52. The zero-order valence-corrected chi connectivity index (χ0v) is 9.05. The molecule has 0 saturated carbocycles. The molecule has 0 fully saturated rings. The fourth-order valence-electron chi connectivity index (χ4n) is 0.998. The molecular weight excluding hydrogens is 184 g/mol. The van der Waals surface area contributed by atoms with Crippen LogP contribution in [0, 0.1) is 5.41 Å². The molecule has 80 valence electrons. The molecule has 14 heavy (non-hydrogen) atoms. The second-order valence-electron chi connectivity index (χ2n) is 3.43. The molecule has 0 aliphatic rings. The number of hydrogen-bond acceptors (Lipinski definition) is 4. The lowest BCUT2D eigenvalue weighted by Gasteiger charge is -2.21. The zero-order valence-electron chi connectivity index (χ0n) is 9.05. The lowest BCUT2D eigenvalue weighted by molar-refractivity contribution is -0.152. The van der Waals surface area contributed by atoms with Gasteiger partial charge in [0.2, 0.25) is 0 Å². The first-order chi connectivity index (χ1) is 6.34. The van der Waals surface area contributed by atoms with E-state index in [9.17, 15) is 14.4 Å². The molecule has 0 aromatic rings. The Bertz CT molecular complexity index is 241. The van der Waals surface area contributed by atoms with E-state index in [1.807, 2.05) is 0 Å². The standard InChI is InChI=1S/C10H16O4/c1-5-14-9(13)6-10(4,7(2)11)8(3)12/h5-6H2,1-4H3. The maximum absolute atomic E-state index is 11.2. The van der Waals surface area contributed by atoms with Gasteiger partial charge in [-0.2, -0.15) is 0 Å². The third-order valence-electron chi connectivity index (χ3n) is 2.36. The molecule has 0 saturated heterocycles. The number of rotatable bonds is 5. The zero-order chi connectivity index (χ0) is 11.4. The summed E-state index contributed by atoms with van der Waals surface area (Å²) in [5.41, 5.74) is -1.23. The maximum Gasteiger partial charge on any atom is 0.307 e. The molecule has 0 unspecified atom stereocenters. The van der Waals surface area contributed by atoms with Crippen molar-refractivity contribution in [1.82, 2.24) is 0 Å². The molecule has 0 aliphatic heterocycles. The molecule has 4 nitrogen and oxygen atoms in total. The summed E-state index contributed by atoms with van der Waals surface area (Å²) in [6.07, 6.45) is -0.175. The van der Waals surface area contributed by atoms with Crippen LogP contribution in [0.5, 0.6) is 0 Å². The molecule has 0 aromatic heterocycles. The van der Waals surface area contributed by atoms with Gasteiger partial charge in [-0.15, -0.1) is 0 Å². The Kier molecular flexibility index (Phi) is 4.47. The van der Waals surface area contributed by atoms with Gasteiger partial charge < -0.3 is 4.74 Å². The summed E-state index contributed by atoms with van der Waals surface area (Å²) >= 11 is 0. The fourth-order valence-corrected chi connectivity index (χ4v) is 0.998. The Morgan fingerprint density at radius 2 is 1.57 bits per heavy atom. The Morgan fingerprint density at radius 1 is 1.14 bits per heavy atom. The van der Waals surface area contributed by atoms with Crippen LogP contribution in [0.2, 0.25) is 0 Å². The third kappa shape index (κ3) is 2.94. The molecule has 4 heteroatoms. The molecule has 0 amide bonds. The molecule has 0 rings (SSSR count). The summed E-state index contributed by atoms with van der Waals surface area (Å²) in [6, 6.07) is 0. The predicted molar refractivity (Wildman–Crippen MR) is 50.7 cm³/mol. The van der Waals surface area contributed by atoms with Crippen LogP contribution >= 0.6 is 0 Å². The molecule has 0 bridgehead atoms. The maximum atomic E-state index is 11.2. The summed E-state index contributed by atoms with van der Waals surface area (Å²) < 4.78 is 4.69. The highest BCUT2D eigenvalue weighted by Crippen LogP contribution is 2.24. The topological polar surface area (TPSA) is 60.4 Å². The summed E-state index contributed by atoms with van der Waals surface area (Å²) in [4.78, 5) is 33.6. The van der Waals surface area contributed by atoms with Crippen LogP contribution < -0.4 is 0 Å². The van der Waals surface area contributed by atoms with Crippen molar-refractivity contribution in [2.45, 2.75) is 34.1 Å². The average molecular weight is 200 g/mol. The summed E-state index contributed by atoms with van der Waals surface area (Å²) in [5, 5.41) is 0. The van der Waals surface area contributed by atoms with Crippen molar-refractivity contribution in [1.29, 1.82) is 0 Å². The van der Waals surface area contributed by atoms with Crippen molar-refractivity contribution in [2.24, 2.45) is 5.41 Å². The molecular formula is C10H16O4. The van der Waals surface area contributed by atoms with E-state index in [2.05, 4.69) is 0 Å². The van der Waals surface area contributed by atoms with E-state index in [1.54, 1.807) is 6.92 Å². The number of esters is 1. The normalized spacial score (nSPS) is 10.9. The number of ketones is 2. The molecule has 0 atom stereocenters. The van der Waals surface area contributed by atoms with Gasteiger partial charge in [-0.25, -0.2) is 0 Å². The van der Waals surface area contributed by atoms with Gasteiger partial charge >= 0.3 is 5.97 Å². The predicted octanol–water partition coefficient (Wildman–Crippen LogP) is 1.12. The largest absolute Gasteiger partial charge is 0.466 e. The van der Waals surface area contributed by atoms with Gasteiger partial charge in [-0.3, -0.25) is 14.4 Å². The van der Waals surface area contributed by atoms with Crippen molar-refractivity contribution in [3.05, 3.63) is 0 Å². The highest BCUT2D eigenvalue weighted by Gasteiger charge is 2.37. The van der Waals surface area contributed by atoms with Gasteiger partial charge in [0.1, 0.15) is 11.6 Å². The first-order valence-corrected chi connectivity index (χ1v) is 4.52. The third-order valence-corrected chi connectivity index (χ3v) is 2.36. The van der Waals surface area contributed by atoms with E-state index in [0.29, 0.717) is 0 Å². The van der Waals surface area contributed by atoms with Crippen LogP contribution in [-0.2, 0) is 19.1 Å². The smallest absolute Gasteiger partial charge is 0.307 e. The van der Waals surface area contributed by atoms with E-state index in [-0.39, 0.29) is 24.6 Å². The quantitative estimate of drug-likeness (QED) is 0.493. The van der Waals surface area contributed by atoms with Gasteiger partial charge in [0.25, 0.3) is 0 Å². The number of hydrogen-bond donors (Lipinski definition) is 0. The molecule has 0 heterocycles. The highest BCUT2D eigenvalue weighted by atomic mass is 16.5. The van der Waals surface area contributed by atoms with Gasteiger partial charge in [-0.1, -0.05) is 0 Å². The van der Waals surface area contributed by atoms with E-state index < -0.39 is 11.4 Å². The average Bonchev–Trinajstić information content (AvgIpc) is 2.03. The van der Waals surface area contributed by atoms with Crippen LogP contribution in [0.15, 0.2) is 0 Å². The summed E-state index contributed by atoms with van der Waals surface area (Å²) in [5.74, 6) is -1.13. The van der Waals surface area contributed by atoms with Crippen LogP contribution in [0.3, 0.4) is 0 Å². The molecule has 0 N–H and O–H groups in total. The minimum Gasteiger partial charge on any atom is -0.466 e. The van der Waals surface area contributed by atoms with Crippen LogP contribution in [-0.4, -0.2) is 24.1 Å². The van der Waals surface area contributed by atoms with Crippen LogP contribution in [0.1, 0.15) is 34.1 Å². The Labute approximate surface area is 83.6 Å². The monoisotopic (exact) mass is 200 g/mol. The SMILES string of the molecule is CCOC(=O)CC(C)(C(C)=O)C(C)=O. The summed E-state index contributed by atoms with van der Waals surface area (Å²) in [7, 11) is 0. The minimum absolute atomic E-state index is 0.175. The number of Topliss-reactive ketones (excluding diaryl/α,β-unsaturated/α-hetero) is 2. The van der Waals surface area contributed by atoms with E-state index in [1.165, 1.54) is 20.8 Å². The van der Waals surface area contributed by atoms with E-state index >= 15 is 0 Å². The van der Waals surface area contributed by atoms with Crippen LogP contribution in [0.25, 0.3) is 0 Å². The Hall–Kier alpha value is -1.19. The van der Waals surface area contributed by atoms with E-state index in [0.717, 1.165) is 0 Å². The van der Waals surface area contributed by atoms with Gasteiger partial charge in [0.05, 0.1) is 18.4 Å². The number of carbonyl (C=O) groups is 3. The molecule has 0 spiro atoms. The Balaban J connectivity index is 4.62. The second-order valence-corrected chi connectivity index (χ2v) is 3.43. The first kappa shape index (κ1) is 12.8. The van der Waals surface area contributed by atoms with E-state index in [4.69, 9.17) is 4.74 Å². The second kappa shape index (κ2) is 4.88. The number of ether oxygens (including phenoxy) is 1. The molecule has 0 aromatic carbocycles. The van der Waals surface area contributed by atoms with Crippen molar-refractivity contribution >= 4 is 17.5 Å². The highest BCUT2D eigenvalue weighted by molar-refractivity contribution is 6.06. The van der Waals surface area contributed by atoms with Crippen molar-refractivity contribution < 1.29 is 19.1 Å². The van der Waals surface area contributed by atoms with Crippen molar-refractivity contribution in [3.63, 3.8) is 0 Å². The Morgan fingerprint density at radius 3 is 1.86 bits per heavy atom. The number of carbonyl (C=O) groups excluding carboxylic acids is 3. The molecule has 0 aliphatic carbocycles. The van der Waals surface area contributed by atoms with Gasteiger partial charge in [0, 0.05) is 0 Å². The molecule has 0 radical (unpaired) electrons. The lowest BCUT2D eigenvalue weighted by atomic mass is 9.79. The van der Waals surface area contributed by atoms with Crippen LogP contribution in [0.4, 0.5) is 0 Å². The van der Waals surface area contributed by atoms with Crippen molar-refractivity contribution in [2.75, 3.05) is 6.61 Å². The van der Waals surface area contributed by atoms with Gasteiger partial charge in [0.15, 0.2) is 0 Å². The minimum atomic E-state index is -1.23. The van der Waals surface area contributed by atoms with Crippen molar-refractivity contribution in [3.8, 4) is 0 Å². The summed E-state index contributed by atoms with van der Waals surface area (Å²) in [6.45, 7) is 6.01.